The number of carbonyl (C=O) groups is 2. The van der Waals surface area contributed by atoms with Crippen LogP contribution in [-0.2, 0) is 4.79 Å². The number of nitrogens with zero attached hydrogens (tertiary/aromatic N) is 2. The standard InChI is InChI=1S/C16H16N2O3/c1-11(12-5-3-2-4-6-12)18-8-13(7-15(18)19)16(20)14-9-21-10-17-14/h2-6,9-11,13H,7-8H2,1H3. The molecule has 0 radical (unpaired) electrons. The second-order valence-corrected chi connectivity index (χ2v) is 5.27. The molecule has 2 unspecified atom stereocenters. The third-order valence-electron chi connectivity index (χ3n) is 3.96. The fraction of sp³-hybridized carbons (Fsp3) is 0.312. The van der Waals surface area contributed by atoms with Gasteiger partial charge in [-0.2, -0.15) is 0 Å². The van der Waals surface area contributed by atoms with Crippen molar-refractivity contribution in [2.45, 2.75) is 19.4 Å². The molecule has 0 aliphatic carbocycles. The maximum Gasteiger partial charge on any atom is 0.223 e. The normalized spacial score (nSPS) is 19.8. The van der Waals surface area contributed by atoms with Gasteiger partial charge in [-0.1, -0.05) is 30.3 Å². The Morgan fingerprint density at radius 1 is 1.38 bits per heavy atom. The molecule has 1 aromatic heterocycles. The Kier molecular flexibility index (Phi) is 3.56. The average molecular weight is 284 g/mol. The third-order valence-corrected chi connectivity index (χ3v) is 3.96. The molecule has 2 aromatic rings. The second kappa shape index (κ2) is 5.52. The van der Waals surface area contributed by atoms with Crippen molar-refractivity contribution in [1.29, 1.82) is 0 Å². The van der Waals surface area contributed by atoms with Crippen LogP contribution in [0.1, 0.15) is 35.4 Å². The minimum atomic E-state index is -0.339. The first kappa shape index (κ1) is 13.5. The van der Waals surface area contributed by atoms with E-state index >= 15 is 0 Å². The minimum absolute atomic E-state index is 0.00759. The van der Waals surface area contributed by atoms with Crippen molar-refractivity contribution in [2.75, 3.05) is 6.54 Å². The highest BCUT2D eigenvalue weighted by Gasteiger charge is 2.37. The van der Waals surface area contributed by atoms with E-state index < -0.39 is 0 Å². The number of Topliss-reactive ketones (excluding diaryl/α,β-unsaturated/α-hetero) is 1. The SMILES string of the molecule is CC(c1ccccc1)N1CC(C(=O)c2cocn2)CC1=O. The van der Waals surface area contributed by atoms with Crippen LogP contribution in [0.2, 0.25) is 0 Å². The molecule has 1 fully saturated rings. The van der Waals surface area contributed by atoms with E-state index in [0.717, 1.165) is 5.56 Å². The zero-order chi connectivity index (χ0) is 14.8. The molecule has 1 aliphatic heterocycles. The lowest BCUT2D eigenvalue weighted by molar-refractivity contribution is -0.129. The van der Waals surface area contributed by atoms with Gasteiger partial charge in [0.25, 0.3) is 0 Å². The molecule has 0 N–H and O–H groups in total. The maximum absolute atomic E-state index is 12.3. The summed E-state index contributed by atoms with van der Waals surface area (Å²) in [6.07, 6.45) is 2.80. The molecule has 0 spiro atoms. The Morgan fingerprint density at radius 2 is 2.14 bits per heavy atom. The smallest absolute Gasteiger partial charge is 0.223 e. The van der Waals surface area contributed by atoms with Crippen LogP contribution in [0, 0.1) is 5.92 Å². The molecular formula is C16H16N2O3. The predicted octanol–water partition coefficient (Wildman–Crippen LogP) is 2.47. The van der Waals surface area contributed by atoms with Crippen molar-refractivity contribution in [1.82, 2.24) is 9.88 Å². The lowest BCUT2D eigenvalue weighted by Crippen LogP contribution is -2.29. The number of hydrogen-bond acceptors (Lipinski definition) is 4. The number of hydrogen-bond donors (Lipinski definition) is 0. The molecule has 3 rings (SSSR count). The van der Waals surface area contributed by atoms with Gasteiger partial charge in [-0.25, -0.2) is 4.98 Å². The van der Waals surface area contributed by atoms with Gasteiger partial charge in [-0.3, -0.25) is 9.59 Å². The minimum Gasteiger partial charge on any atom is -0.451 e. The van der Waals surface area contributed by atoms with Crippen molar-refractivity contribution >= 4 is 11.7 Å². The van der Waals surface area contributed by atoms with Gasteiger partial charge < -0.3 is 9.32 Å². The van der Waals surface area contributed by atoms with Gasteiger partial charge in [-0.05, 0) is 12.5 Å². The lowest BCUT2D eigenvalue weighted by atomic mass is 10.0. The van der Waals surface area contributed by atoms with E-state index in [1.165, 1.54) is 12.7 Å². The Morgan fingerprint density at radius 3 is 2.81 bits per heavy atom. The molecule has 2 heterocycles. The molecular weight excluding hydrogens is 268 g/mol. The summed E-state index contributed by atoms with van der Waals surface area (Å²) in [5.74, 6) is -0.457. The largest absolute Gasteiger partial charge is 0.451 e. The Balaban J connectivity index is 1.75. The molecule has 2 atom stereocenters. The number of benzene rings is 1. The first-order valence-electron chi connectivity index (χ1n) is 6.93. The van der Waals surface area contributed by atoms with Crippen LogP contribution in [0.4, 0.5) is 0 Å². The van der Waals surface area contributed by atoms with Gasteiger partial charge >= 0.3 is 0 Å². The quantitative estimate of drug-likeness (QED) is 0.809. The Bertz CT molecular complexity index is 637. The Hall–Kier alpha value is -2.43. The highest BCUT2D eigenvalue weighted by atomic mass is 16.3. The summed E-state index contributed by atoms with van der Waals surface area (Å²) in [5.41, 5.74) is 1.36. The van der Waals surface area contributed by atoms with Crippen molar-refractivity contribution < 1.29 is 14.0 Å². The van der Waals surface area contributed by atoms with Gasteiger partial charge in [0, 0.05) is 13.0 Å². The van der Waals surface area contributed by atoms with E-state index in [1.807, 2.05) is 37.3 Å². The monoisotopic (exact) mass is 284 g/mol. The van der Waals surface area contributed by atoms with Gasteiger partial charge in [-0.15, -0.1) is 0 Å². The maximum atomic E-state index is 12.3. The van der Waals surface area contributed by atoms with Crippen molar-refractivity contribution in [3.05, 3.63) is 54.2 Å². The van der Waals surface area contributed by atoms with Crippen LogP contribution in [-0.4, -0.2) is 28.1 Å². The molecule has 5 nitrogen and oxygen atoms in total. The van der Waals surface area contributed by atoms with E-state index in [0.29, 0.717) is 12.2 Å². The van der Waals surface area contributed by atoms with Crippen molar-refractivity contribution in [3.8, 4) is 0 Å². The topological polar surface area (TPSA) is 63.4 Å². The van der Waals surface area contributed by atoms with Gasteiger partial charge in [0.05, 0.1) is 12.0 Å². The summed E-state index contributed by atoms with van der Waals surface area (Å²) in [6.45, 7) is 2.41. The van der Waals surface area contributed by atoms with Crippen LogP contribution in [0.25, 0.3) is 0 Å². The van der Waals surface area contributed by atoms with Gasteiger partial charge in [0.15, 0.2) is 12.2 Å². The molecule has 5 heteroatoms. The fourth-order valence-corrected chi connectivity index (χ4v) is 2.74. The number of carbonyl (C=O) groups excluding carboxylic acids is 2. The number of ketones is 1. The van der Waals surface area contributed by atoms with E-state index in [1.54, 1.807) is 4.90 Å². The van der Waals surface area contributed by atoms with E-state index in [9.17, 15) is 9.59 Å². The van der Waals surface area contributed by atoms with Crippen LogP contribution >= 0.6 is 0 Å². The summed E-state index contributed by atoms with van der Waals surface area (Å²) in [5, 5.41) is 0. The summed E-state index contributed by atoms with van der Waals surface area (Å²) < 4.78 is 4.84. The summed E-state index contributed by atoms with van der Waals surface area (Å²) >= 11 is 0. The average Bonchev–Trinajstić information content (AvgIpc) is 3.16. The number of rotatable bonds is 4. The van der Waals surface area contributed by atoms with Gasteiger partial charge in [0.1, 0.15) is 12.0 Å². The number of amides is 1. The van der Waals surface area contributed by atoms with Crippen LogP contribution in [0.5, 0.6) is 0 Å². The van der Waals surface area contributed by atoms with Gasteiger partial charge in [0.2, 0.25) is 5.91 Å². The summed E-state index contributed by atoms with van der Waals surface area (Å²) in [7, 11) is 0. The van der Waals surface area contributed by atoms with E-state index in [-0.39, 0.29) is 30.1 Å². The first-order valence-corrected chi connectivity index (χ1v) is 6.93. The fourth-order valence-electron chi connectivity index (χ4n) is 2.74. The molecule has 21 heavy (non-hydrogen) atoms. The molecule has 1 amide bonds. The number of likely N-dealkylation sites (tertiary alicyclic amines) is 1. The van der Waals surface area contributed by atoms with Crippen molar-refractivity contribution in [2.24, 2.45) is 5.92 Å². The molecule has 0 saturated carbocycles. The molecule has 1 saturated heterocycles. The molecule has 1 aliphatic rings. The second-order valence-electron chi connectivity index (χ2n) is 5.27. The molecule has 1 aromatic carbocycles. The van der Waals surface area contributed by atoms with E-state index in [2.05, 4.69) is 4.98 Å². The number of oxazole rings is 1. The first-order chi connectivity index (χ1) is 10.2. The van der Waals surface area contributed by atoms with E-state index in [4.69, 9.17) is 4.42 Å². The molecule has 0 bridgehead atoms. The van der Waals surface area contributed by atoms with Crippen molar-refractivity contribution in [3.63, 3.8) is 0 Å². The summed E-state index contributed by atoms with van der Waals surface area (Å²) in [6, 6.07) is 9.79. The molecule has 108 valence electrons. The van der Waals surface area contributed by atoms with Crippen LogP contribution in [0.3, 0.4) is 0 Å². The van der Waals surface area contributed by atoms with Crippen LogP contribution in [0.15, 0.2) is 47.4 Å². The number of aromatic nitrogens is 1. The highest BCUT2D eigenvalue weighted by Crippen LogP contribution is 2.29. The zero-order valence-electron chi connectivity index (χ0n) is 11.7. The predicted molar refractivity (Wildman–Crippen MR) is 75.5 cm³/mol. The van der Waals surface area contributed by atoms with Crippen LogP contribution < -0.4 is 0 Å². The zero-order valence-corrected chi connectivity index (χ0v) is 11.7. The summed E-state index contributed by atoms with van der Waals surface area (Å²) in [4.78, 5) is 30.1. The lowest BCUT2D eigenvalue weighted by Gasteiger charge is -2.25. The third kappa shape index (κ3) is 2.59. The highest BCUT2D eigenvalue weighted by molar-refractivity contribution is 5.99. The Labute approximate surface area is 122 Å².